The molecule has 230 valence electrons. The van der Waals surface area contributed by atoms with E-state index in [1.54, 1.807) is 0 Å². The van der Waals surface area contributed by atoms with Gasteiger partial charge in [-0.3, -0.25) is 22.7 Å². The molecule has 0 bridgehead atoms. The maximum atomic E-state index is 12.9. The Bertz CT molecular complexity index is 1600. The van der Waals surface area contributed by atoms with Crippen molar-refractivity contribution in [3.63, 3.8) is 0 Å². The van der Waals surface area contributed by atoms with Gasteiger partial charge in [0.15, 0.2) is 17.7 Å². The Morgan fingerprint density at radius 2 is 1.74 bits per heavy atom. The van der Waals surface area contributed by atoms with E-state index in [0.717, 1.165) is 4.57 Å². The largest absolute Gasteiger partial charge is 0.472 e. The summed E-state index contributed by atoms with van der Waals surface area (Å²) in [6.07, 6.45) is -6.12. The molecule has 2 fully saturated rings. The maximum absolute atomic E-state index is 12.9. The van der Waals surface area contributed by atoms with Gasteiger partial charge in [-0.15, -0.1) is 0 Å². The summed E-state index contributed by atoms with van der Waals surface area (Å²) >= 11 is 0. The fourth-order valence-corrected chi connectivity index (χ4v) is 5.77. The van der Waals surface area contributed by atoms with E-state index in [1.807, 2.05) is 0 Å². The summed E-state index contributed by atoms with van der Waals surface area (Å²) in [5, 5.41) is 21.1. The van der Waals surface area contributed by atoms with Crippen LogP contribution < -0.4 is 17.2 Å². The number of nitrogen functional groups attached to an aromatic ring is 2. The highest BCUT2D eigenvalue weighted by atomic mass is 31.2. The molecule has 3 aromatic heterocycles. The number of phosphoric acid groups is 2. The Kier molecular flexibility index (Phi) is 8.47. The molecule has 42 heavy (non-hydrogen) atoms. The Labute approximate surface area is 234 Å². The maximum Gasteiger partial charge on any atom is 0.472 e. The van der Waals surface area contributed by atoms with Crippen molar-refractivity contribution in [3.05, 3.63) is 35.4 Å². The Balaban J connectivity index is 1.26. The van der Waals surface area contributed by atoms with Crippen LogP contribution in [0.1, 0.15) is 18.9 Å². The minimum absolute atomic E-state index is 0.0704. The monoisotopic (exact) mass is 636 g/mol. The molecule has 23 heteroatoms. The molecule has 0 aromatic carbocycles. The van der Waals surface area contributed by atoms with Gasteiger partial charge in [0.1, 0.15) is 54.4 Å². The first kappa shape index (κ1) is 30.5. The number of rotatable bonds is 10. The van der Waals surface area contributed by atoms with Crippen LogP contribution in [0.25, 0.3) is 11.2 Å². The first-order valence-corrected chi connectivity index (χ1v) is 15.1. The average molecular weight is 636 g/mol. The highest BCUT2D eigenvalue weighted by Crippen LogP contribution is 2.49. The number of imidazole rings is 1. The molecule has 0 amide bonds. The molecule has 2 saturated heterocycles. The summed E-state index contributed by atoms with van der Waals surface area (Å²) in [5.74, 6) is 0.00388. The van der Waals surface area contributed by atoms with Crippen LogP contribution >= 0.6 is 15.6 Å². The zero-order valence-corrected chi connectivity index (χ0v) is 23.0. The van der Waals surface area contributed by atoms with Gasteiger partial charge in [-0.1, -0.05) is 0 Å². The van der Waals surface area contributed by atoms with Crippen LogP contribution in [0.5, 0.6) is 0 Å². The highest BCUT2D eigenvalue weighted by molar-refractivity contribution is 7.47. The first-order chi connectivity index (χ1) is 19.7. The van der Waals surface area contributed by atoms with Gasteiger partial charge in [0, 0.05) is 12.6 Å². The fourth-order valence-electron chi connectivity index (χ4n) is 4.47. The van der Waals surface area contributed by atoms with Gasteiger partial charge >= 0.3 is 21.3 Å². The second-order valence-corrected chi connectivity index (χ2v) is 11.9. The molecule has 0 spiro atoms. The SMILES string of the molecule is Nc1ccn([C@H]2C[C@@H](OP(=O)(O)OC[C@H]3O[C@@H](n4cnc5c(N)ncnc54)[C@@H](O)C3O)[C@@H](COP(=O)(O)O)O2)c(=O)n1. The molecular weight excluding hydrogens is 610 g/mol. The van der Waals surface area contributed by atoms with E-state index in [0.29, 0.717) is 0 Å². The number of aliphatic hydroxyl groups excluding tert-OH is 2. The van der Waals surface area contributed by atoms with E-state index in [9.17, 15) is 29.0 Å². The first-order valence-electron chi connectivity index (χ1n) is 12.0. The van der Waals surface area contributed by atoms with Gasteiger partial charge in [-0.2, -0.15) is 4.98 Å². The molecule has 5 heterocycles. The molecule has 2 aliphatic rings. The molecule has 21 nitrogen and oxygen atoms in total. The summed E-state index contributed by atoms with van der Waals surface area (Å²) in [5.41, 5.74) is 10.9. The Hall–Kier alpha value is -2.91. The van der Waals surface area contributed by atoms with E-state index in [1.165, 1.54) is 29.5 Å². The zero-order chi connectivity index (χ0) is 30.4. The van der Waals surface area contributed by atoms with Crippen molar-refractivity contribution >= 4 is 38.4 Å². The number of hydrogen-bond acceptors (Lipinski definition) is 16. The van der Waals surface area contributed by atoms with Gasteiger partial charge in [-0.05, 0) is 6.07 Å². The normalized spacial score (nSPS) is 29.7. The van der Waals surface area contributed by atoms with Gasteiger partial charge in [0.05, 0.1) is 19.5 Å². The lowest BCUT2D eigenvalue weighted by molar-refractivity contribution is -0.0588. The quantitative estimate of drug-likeness (QED) is 0.116. The minimum atomic E-state index is -4.99. The molecule has 0 aliphatic carbocycles. The molecule has 3 aromatic rings. The van der Waals surface area contributed by atoms with Crippen molar-refractivity contribution in [2.75, 3.05) is 24.7 Å². The molecule has 9 N–H and O–H groups in total. The number of nitrogens with zero attached hydrogens (tertiary/aromatic N) is 6. The summed E-state index contributed by atoms with van der Waals surface area (Å²) in [6, 6.07) is 1.29. The van der Waals surface area contributed by atoms with Gasteiger partial charge in [0.25, 0.3) is 0 Å². The van der Waals surface area contributed by atoms with Gasteiger partial charge < -0.3 is 45.8 Å². The number of ether oxygens (including phenoxy) is 2. The lowest BCUT2D eigenvalue weighted by Crippen LogP contribution is -2.34. The molecule has 0 radical (unpaired) electrons. The fraction of sp³-hybridized carbons (Fsp3) is 0.526. The van der Waals surface area contributed by atoms with E-state index in [2.05, 4.69) is 24.5 Å². The second kappa shape index (κ2) is 11.6. The molecule has 2 unspecified atom stereocenters. The van der Waals surface area contributed by atoms with Crippen LogP contribution in [0.15, 0.2) is 29.7 Å². The van der Waals surface area contributed by atoms with Crippen molar-refractivity contribution in [2.24, 2.45) is 0 Å². The number of nitrogens with two attached hydrogens (primary N) is 2. The van der Waals surface area contributed by atoms with Crippen molar-refractivity contribution in [3.8, 4) is 0 Å². The van der Waals surface area contributed by atoms with Gasteiger partial charge in [0.2, 0.25) is 0 Å². The van der Waals surface area contributed by atoms with Crippen LogP contribution in [0, 0.1) is 0 Å². The molecule has 5 rings (SSSR count). The second-order valence-electron chi connectivity index (χ2n) is 9.23. The zero-order valence-electron chi connectivity index (χ0n) is 21.2. The highest BCUT2D eigenvalue weighted by Gasteiger charge is 2.47. The predicted octanol–water partition coefficient (Wildman–Crippen LogP) is -2.23. The van der Waals surface area contributed by atoms with Crippen molar-refractivity contribution in [1.82, 2.24) is 29.1 Å². The third-order valence-electron chi connectivity index (χ3n) is 6.42. The van der Waals surface area contributed by atoms with E-state index < -0.39 is 77.5 Å². The van der Waals surface area contributed by atoms with E-state index in [4.69, 9.17) is 39.8 Å². The summed E-state index contributed by atoms with van der Waals surface area (Å²) in [7, 11) is -9.96. The van der Waals surface area contributed by atoms with Crippen LogP contribution in [0.4, 0.5) is 11.6 Å². The smallest absolute Gasteiger partial charge is 0.387 e. The topological polar surface area (TPSA) is 312 Å². The van der Waals surface area contributed by atoms with Crippen LogP contribution in [0.3, 0.4) is 0 Å². The van der Waals surface area contributed by atoms with E-state index >= 15 is 0 Å². The molecule has 8 atom stereocenters. The van der Waals surface area contributed by atoms with Gasteiger partial charge in [-0.25, -0.2) is 28.9 Å². The van der Waals surface area contributed by atoms with Crippen LogP contribution in [-0.4, -0.2) is 97.7 Å². The summed E-state index contributed by atoms with van der Waals surface area (Å²) in [6.45, 7) is -1.53. The summed E-state index contributed by atoms with van der Waals surface area (Å²) in [4.78, 5) is 56.3. The lowest BCUT2D eigenvalue weighted by atomic mass is 10.1. The van der Waals surface area contributed by atoms with Crippen LogP contribution in [-0.2, 0) is 32.2 Å². The minimum Gasteiger partial charge on any atom is -0.387 e. The van der Waals surface area contributed by atoms with Crippen molar-refractivity contribution in [2.45, 2.75) is 49.4 Å². The Morgan fingerprint density at radius 3 is 2.45 bits per heavy atom. The number of anilines is 2. The number of fused-ring (bicyclic) bond motifs is 1. The van der Waals surface area contributed by atoms with Crippen molar-refractivity contribution in [1.29, 1.82) is 0 Å². The number of phosphoric ester groups is 2. The average Bonchev–Trinajstić information content (AvgIpc) is 3.58. The Morgan fingerprint density at radius 1 is 1.00 bits per heavy atom. The third kappa shape index (κ3) is 6.52. The van der Waals surface area contributed by atoms with Crippen LogP contribution in [0.2, 0.25) is 0 Å². The third-order valence-corrected chi connectivity index (χ3v) is 7.92. The lowest BCUT2D eigenvalue weighted by Gasteiger charge is -2.22. The number of aromatic nitrogens is 6. The van der Waals surface area contributed by atoms with Crippen molar-refractivity contribution < 1.29 is 57.1 Å². The number of hydrogen-bond donors (Lipinski definition) is 7. The standard InChI is InChI=1S/C19H26N8O13P2/c20-11-1-2-26(19(30)25-11)12-3-8(9(38-12)4-36-41(31,32)33)40-42(34,35)37-5-10-14(28)15(29)18(39-10)27-7-24-13-16(21)22-6-23-17(13)27/h1-2,6-10,12,14-15,18,28-29H,3-5H2,(H,34,35)(H2,20,25,30)(H2,21,22,23)(H2,31,32,33)/t8-,9-,10-,12-,14?,15+,18-/m1/s1. The predicted molar refractivity (Wildman–Crippen MR) is 136 cm³/mol. The van der Waals surface area contributed by atoms with E-state index in [-0.39, 0.29) is 29.2 Å². The summed E-state index contributed by atoms with van der Waals surface area (Å²) < 4.78 is 52.3. The number of aliphatic hydroxyl groups is 2. The molecule has 0 saturated carbocycles. The molecular formula is C19H26N8O13P2. The molecule has 2 aliphatic heterocycles.